The van der Waals surface area contributed by atoms with E-state index in [1.165, 1.54) is 11.4 Å². The summed E-state index contributed by atoms with van der Waals surface area (Å²) in [7, 11) is 1.32. The number of anilines is 1. The van der Waals surface area contributed by atoms with E-state index in [2.05, 4.69) is 0 Å². The highest BCUT2D eigenvalue weighted by molar-refractivity contribution is 8.01. The van der Waals surface area contributed by atoms with Gasteiger partial charge >= 0.3 is 12.1 Å². The van der Waals surface area contributed by atoms with Crippen LogP contribution in [-0.2, 0) is 9.47 Å². The smallest absolute Gasteiger partial charge is 0.424 e. The number of rotatable bonds is 5. The average molecular weight is 331 g/mol. The normalized spacial score (nSPS) is 10.0. The van der Waals surface area contributed by atoms with Crippen LogP contribution in [0.15, 0.2) is 59.5 Å². The molecule has 0 atom stereocenters. The molecule has 0 fully saturated rings. The summed E-state index contributed by atoms with van der Waals surface area (Å²) < 4.78 is 11.3. The molecule has 0 saturated heterocycles. The van der Waals surface area contributed by atoms with Crippen LogP contribution in [0.25, 0.3) is 0 Å². The summed E-state index contributed by atoms with van der Waals surface area (Å²) in [6.45, 7) is 2.01. The Morgan fingerprint density at radius 3 is 2.35 bits per heavy atom. The van der Waals surface area contributed by atoms with Crippen LogP contribution in [0.5, 0.6) is 0 Å². The second-order valence-corrected chi connectivity index (χ2v) is 5.40. The molecule has 0 heterocycles. The number of esters is 1. The third-order valence-corrected chi connectivity index (χ3v) is 4.00. The van der Waals surface area contributed by atoms with Crippen molar-refractivity contribution in [3.05, 3.63) is 60.2 Å². The Balaban J connectivity index is 2.35. The molecule has 2 aromatic carbocycles. The van der Waals surface area contributed by atoms with Crippen molar-refractivity contribution in [2.45, 2.75) is 11.8 Å². The first-order valence-electron chi connectivity index (χ1n) is 7.04. The summed E-state index contributed by atoms with van der Waals surface area (Å²) in [6.07, 6.45) is -0.497. The molecule has 2 aromatic rings. The predicted molar refractivity (Wildman–Crippen MR) is 89.6 cm³/mol. The van der Waals surface area contributed by atoms with Crippen LogP contribution >= 0.6 is 11.9 Å². The highest BCUT2D eigenvalue weighted by Crippen LogP contribution is 2.32. The maximum Gasteiger partial charge on any atom is 0.424 e. The van der Waals surface area contributed by atoms with Gasteiger partial charge in [0.1, 0.15) is 0 Å². The van der Waals surface area contributed by atoms with Crippen molar-refractivity contribution in [3.63, 3.8) is 0 Å². The van der Waals surface area contributed by atoms with E-state index in [-0.39, 0.29) is 6.61 Å². The fourth-order valence-corrected chi connectivity index (χ4v) is 2.80. The minimum Gasteiger partial charge on any atom is -0.465 e. The summed E-state index contributed by atoms with van der Waals surface area (Å²) >= 11 is 1.12. The predicted octanol–water partition coefficient (Wildman–Crippen LogP) is 4.14. The van der Waals surface area contributed by atoms with Gasteiger partial charge in [-0.1, -0.05) is 30.3 Å². The molecule has 1 amide bonds. The number of para-hydroxylation sites is 1. The van der Waals surface area contributed by atoms with Gasteiger partial charge in [-0.2, -0.15) is 0 Å². The second-order valence-electron chi connectivity index (χ2n) is 4.41. The van der Waals surface area contributed by atoms with Gasteiger partial charge in [-0.15, -0.1) is 0 Å². The van der Waals surface area contributed by atoms with Crippen LogP contribution in [0.2, 0.25) is 0 Å². The number of amides is 1. The zero-order chi connectivity index (χ0) is 16.7. The van der Waals surface area contributed by atoms with Crippen molar-refractivity contribution < 1.29 is 19.1 Å². The van der Waals surface area contributed by atoms with Crippen LogP contribution in [0.3, 0.4) is 0 Å². The van der Waals surface area contributed by atoms with Gasteiger partial charge in [0.25, 0.3) is 0 Å². The molecule has 120 valence electrons. The van der Waals surface area contributed by atoms with Gasteiger partial charge in [0, 0.05) is 4.90 Å². The van der Waals surface area contributed by atoms with Gasteiger partial charge in [-0.3, -0.25) is 0 Å². The van der Waals surface area contributed by atoms with E-state index in [1.54, 1.807) is 43.3 Å². The summed E-state index contributed by atoms with van der Waals surface area (Å²) in [4.78, 5) is 24.8. The molecule has 2 rings (SSSR count). The number of hydrogen-bond acceptors (Lipinski definition) is 5. The van der Waals surface area contributed by atoms with E-state index in [0.29, 0.717) is 16.1 Å². The highest BCUT2D eigenvalue weighted by atomic mass is 32.2. The lowest BCUT2D eigenvalue weighted by atomic mass is 10.2. The number of methoxy groups -OCH3 is 1. The van der Waals surface area contributed by atoms with Crippen LogP contribution in [0.1, 0.15) is 17.3 Å². The molecular formula is C17H17NO4S. The number of hydrogen-bond donors (Lipinski definition) is 0. The van der Waals surface area contributed by atoms with Crippen LogP contribution < -0.4 is 4.31 Å². The molecule has 6 heteroatoms. The molecule has 5 nitrogen and oxygen atoms in total. The molecular weight excluding hydrogens is 314 g/mol. The summed E-state index contributed by atoms with van der Waals surface area (Å²) in [5, 5.41) is 0. The van der Waals surface area contributed by atoms with Gasteiger partial charge in [-0.05, 0) is 43.1 Å². The van der Waals surface area contributed by atoms with E-state index in [1.807, 2.05) is 18.2 Å². The standard InChI is InChI=1S/C17H17NO4S/c1-3-22-17(20)18(13-9-5-4-6-10-13)23-15-12-8-7-11-14(15)16(19)21-2/h4-12H,3H2,1-2H3. The van der Waals surface area contributed by atoms with Gasteiger partial charge < -0.3 is 9.47 Å². The monoisotopic (exact) mass is 331 g/mol. The SMILES string of the molecule is CCOC(=O)N(Sc1ccccc1C(=O)OC)c1ccccc1. The summed E-state index contributed by atoms with van der Waals surface area (Å²) in [6, 6.07) is 16.1. The number of ether oxygens (including phenoxy) is 2. The van der Waals surface area contributed by atoms with Crippen molar-refractivity contribution >= 4 is 29.7 Å². The lowest BCUT2D eigenvalue weighted by Gasteiger charge is -2.21. The molecule has 0 radical (unpaired) electrons. The Labute approximate surface area is 139 Å². The Kier molecular flexibility index (Phi) is 6.05. The molecule has 0 bridgehead atoms. The Morgan fingerprint density at radius 2 is 1.70 bits per heavy atom. The lowest BCUT2D eigenvalue weighted by Crippen LogP contribution is -2.25. The minimum absolute atomic E-state index is 0.265. The van der Waals surface area contributed by atoms with Crippen LogP contribution in [-0.4, -0.2) is 25.8 Å². The topological polar surface area (TPSA) is 55.8 Å². The van der Waals surface area contributed by atoms with Gasteiger partial charge in [0.15, 0.2) is 0 Å². The fraction of sp³-hybridized carbons (Fsp3) is 0.176. The van der Waals surface area contributed by atoms with E-state index in [4.69, 9.17) is 9.47 Å². The largest absolute Gasteiger partial charge is 0.465 e. The third kappa shape index (κ3) is 4.26. The number of carbonyl (C=O) groups is 2. The van der Waals surface area contributed by atoms with Crippen molar-refractivity contribution in [3.8, 4) is 0 Å². The Hall–Kier alpha value is -2.47. The fourth-order valence-electron chi connectivity index (χ4n) is 1.86. The van der Waals surface area contributed by atoms with Gasteiger partial charge in [-0.25, -0.2) is 13.9 Å². The van der Waals surface area contributed by atoms with Crippen LogP contribution in [0, 0.1) is 0 Å². The summed E-state index contributed by atoms with van der Waals surface area (Å²) in [5.74, 6) is -0.454. The van der Waals surface area contributed by atoms with Gasteiger partial charge in [0.2, 0.25) is 0 Å². The molecule has 0 aromatic heterocycles. The molecule has 0 aliphatic carbocycles. The first-order chi connectivity index (χ1) is 11.2. The van der Waals surface area contributed by atoms with Crippen molar-refractivity contribution in [2.24, 2.45) is 0 Å². The highest BCUT2D eigenvalue weighted by Gasteiger charge is 2.21. The zero-order valence-corrected chi connectivity index (χ0v) is 13.7. The van der Waals surface area contributed by atoms with Gasteiger partial charge in [0.05, 0.1) is 25.0 Å². The van der Waals surface area contributed by atoms with Crippen molar-refractivity contribution in [1.29, 1.82) is 0 Å². The maximum absolute atomic E-state index is 12.3. The average Bonchev–Trinajstić information content (AvgIpc) is 2.60. The molecule has 0 saturated carbocycles. The molecule has 0 aliphatic rings. The van der Waals surface area contributed by atoms with E-state index in [9.17, 15) is 9.59 Å². The maximum atomic E-state index is 12.3. The van der Waals surface area contributed by atoms with E-state index in [0.717, 1.165) is 11.9 Å². The third-order valence-electron chi connectivity index (χ3n) is 2.91. The quantitative estimate of drug-likeness (QED) is 0.609. The number of nitrogens with zero attached hydrogens (tertiary/aromatic N) is 1. The number of carbonyl (C=O) groups excluding carboxylic acids is 2. The van der Waals surface area contributed by atoms with Crippen molar-refractivity contribution in [2.75, 3.05) is 18.0 Å². The summed E-state index contributed by atoms with van der Waals surface area (Å²) in [5.41, 5.74) is 1.06. The molecule has 0 N–H and O–H groups in total. The molecule has 0 unspecified atom stereocenters. The number of benzene rings is 2. The van der Waals surface area contributed by atoms with E-state index >= 15 is 0 Å². The molecule has 0 spiro atoms. The van der Waals surface area contributed by atoms with E-state index < -0.39 is 12.1 Å². The second kappa shape index (κ2) is 8.24. The van der Waals surface area contributed by atoms with Crippen molar-refractivity contribution in [1.82, 2.24) is 0 Å². The lowest BCUT2D eigenvalue weighted by molar-refractivity contribution is 0.0596. The minimum atomic E-state index is -0.497. The van der Waals surface area contributed by atoms with Crippen LogP contribution in [0.4, 0.5) is 10.5 Å². The zero-order valence-electron chi connectivity index (χ0n) is 12.9. The first kappa shape index (κ1) is 16.9. The molecule has 0 aliphatic heterocycles. The Bertz CT molecular complexity index is 675. The molecule has 23 heavy (non-hydrogen) atoms. The first-order valence-corrected chi connectivity index (χ1v) is 7.82. The Morgan fingerprint density at radius 1 is 1.04 bits per heavy atom.